The van der Waals surface area contributed by atoms with Crippen LogP contribution in [-0.2, 0) is 0 Å². The summed E-state index contributed by atoms with van der Waals surface area (Å²) in [6.45, 7) is 9.12. The zero-order chi connectivity index (χ0) is 13.1. The molecule has 17 heavy (non-hydrogen) atoms. The summed E-state index contributed by atoms with van der Waals surface area (Å²) >= 11 is 0. The molecule has 0 amide bonds. The first kappa shape index (κ1) is 17.0. The molecular formula is C16H35N. The van der Waals surface area contributed by atoms with Gasteiger partial charge in [0, 0.05) is 5.54 Å². The summed E-state index contributed by atoms with van der Waals surface area (Å²) in [7, 11) is 0. The smallest absolute Gasteiger partial charge is 0.0182 e. The number of nitrogens with two attached hydrogens (primary N) is 1. The van der Waals surface area contributed by atoms with Crippen molar-refractivity contribution in [2.75, 3.05) is 0 Å². The molecular weight excluding hydrogens is 206 g/mol. The lowest BCUT2D eigenvalue weighted by Gasteiger charge is -2.38. The van der Waals surface area contributed by atoms with Crippen molar-refractivity contribution >= 4 is 0 Å². The Bertz CT molecular complexity index is 159. The Kier molecular flexibility index (Phi) is 9.91. The molecule has 0 heterocycles. The van der Waals surface area contributed by atoms with Crippen molar-refractivity contribution in [1.82, 2.24) is 0 Å². The van der Waals surface area contributed by atoms with Crippen LogP contribution in [0.4, 0.5) is 0 Å². The molecule has 0 radical (unpaired) electrons. The second-order valence-corrected chi connectivity index (χ2v) is 5.71. The number of rotatable bonds is 11. The molecule has 0 aliphatic heterocycles. The van der Waals surface area contributed by atoms with Gasteiger partial charge in [-0.25, -0.2) is 0 Å². The van der Waals surface area contributed by atoms with Crippen LogP contribution in [0.25, 0.3) is 0 Å². The second-order valence-electron chi connectivity index (χ2n) is 5.71. The van der Waals surface area contributed by atoms with Crippen molar-refractivity contribution in [3.05, 3.63) is 0 Å². The average Bonchev–Trinajstić information content (AvgIpc) is 2.29. The van der Waals surface area contributed by atoms with Gasteiger partial charge in [0.15, 0.2) is 0 Å². The Balaban J connectivity index is 4.45. The van der Waals surface area contributed by atoms with E-state index >= 15 is 0 Å². The van der Waals surface area contributed by atoms with Crippen molar-refractivity contribution < 1.29 is 0 Å². The topological polar surface area (TPSA) is 26.0 Å². The van der Waals surface area contributed by atoms with Crippen LogP contribution in [0.15, 0.2) is 0 Å². The maximum atomic E-state index is 6.73. The molecule has 0 aromatic heterocycles. The van der Waals surface area contributed by atoms with Gasteiger partial charge in [-0.15, -0.1) is 0 Å². The van der Waals surface area contributed by atoms with Crippen LogP contribution in [0, 0.1) is 5.92 Å². The van der Waals surface area contributed by atoms with Gasteiger partial charge >= 0.3 is 0 Å². The molecule has 1 atom stereocenters. The van der Waals surface area contributed by atoms with Crippen molar-refractivity contribution in [2.24, 2.45) is 11.7 Å². The molecule has 0 rings (SSSR count). The van der Waals surface area contributed by atoms with E-state index in [0.29, 0.717) is 0 Å². The van der Waals surface area contributed by atoms with Crippen molar-refractivity contribution in [3.8, 4) is 0 Å². The first-order chi connectivity index (χ1) is 8.14. The minimum atomic E-state index is 0.118. The minimum Gasteiger partial charge on any atom is -0.325 e. The third-order valence-corrected chi connectivity index (χ3v) is 4.04. The number of unbranched alkanes of at least 4 members (excludes halogenated alkanes) is 2. The van der Waals surface area contributed by atoms with E-state index in [9.17, 15) is 0 Å². The monoisotopic (exact) mass is 241 g/mol. The lowest BCUT2D eigenvalue weighted by atomic mass is 9.73. The van der Waals surface area contributed by atoms with E-state index < -0.39 is 0 Å². The van der Waals surface area contributed by atoms with Crippen LogP contribution in [0.3, 0.4) is 0 Å². The van der Waals surface area contributed by atoms with E-state index in [4.69, 9.17) is 5.73 Å². The predicted molar refractivity (Wildman–Crippen MR) is 79.3 cm³/mol. The third kappa shape index (κ3) is 6.45. The van der Waals surface area contributed by atoms with E-state index in [1.54, 1.807) is 0 Å². The molecule has 0 aliphatic carbocycles. The summed E-state index contributed by atoms with van der Waals surface area (Å²) in [4.78, 5) is 0. The Morgan fingerprint density at radius 3 is 1.76 bits per heavy atom. The van der Waals surface area contributed by atoms with Crippen LogP contribution in [0.2, 0.25) is 0 Å². The molecule has 0 spiro atoms. The summed E-state index contributed by atoms with van der Waals surface area (Å²) in [5.74, 6) is 0.749. The van der Waals surface area contributed by atoms with Crippen molar-refractivity contribution in [2.45, 2.75) is 97.4 Å². The molecule has 0 fully saturated rings. The van der Waals surface area contributed by atoms with E-state index in [1.807, 2.05) is 0 Å². The molecule has 0 saturated carbocycles. The van der Waals surface area contributed by atoms with E-state index in [2.05, 4.69) is 27.7 Å². The summed E-state index contributed by atoms with van der Waals surface area (Å²) in [6, 6.07) is 0. The van der Waals surface area contributed by atoms with Gasteiger partial charge in [0.1, 0.15) is 0 Å². The maximum Gasteiger partial charge on any atom is 0.0182 e. The van der Waals surface area contributed by atoms with Crippen molar-refractivity contribution in [1.29, 1.82) is 0 Å². The highest BCUT2D eigenvalue weighted by molar-refractivity contribution is 4.90. The molecule has 0 aromatic carbocycles. The first-order valence-corrected chi connectivity index (χ1v) is 7.93. The summed E-state index contributed by atoms with van der Waals surface area (Å²) < 4.78 is 0. The number of hydrogen-bond acceptors (Lipinski definition) is 1. The average molecular weight is 241 g/mol. The molecule has 1 heteroatoms. The quantitative estimate of drug-likeness (QED) is 0.489. The van der Waals surface area contributed by atoms with E-state index in [1.165, 1.54) is 64.2 Å². The van der Waals surface area contributed by atoms with Gasteiger partial charge in [0.2, 0.25) is 0 Å². The number of hydrogen-bond donors (Lipinski definition) is 1. The molecule has 1 unspecified atom stereocenters. The highest BCUT2D eigenvalue weighted by atomic mass is 14.8. The largest absolute Gasteiger partial charge is 0.325 e. The molecule has 1 nitrogen and oxygen atoms in total. The fourth-order valence-corrected chi connectivity index (χ4v) is 3.17. The normalized spacial score (nSPS) is 13.9. The van der Waals surface area contributed by atoms with Gasteiger partial charge in [-0.1, -0.05) is 66.2 Å². The molecule has 2 N–H and O–H groups in total. The zero-order valence-electron chi connectivity index (χ0n) is 12.7. The lowest BCUT2D eigenvalue weighted by Crippen LogP contribution is -2.47. The molecule has 104 valence electrons. The standard InChI is InChI=1S/C16H35N/c1-5-9-10-12-15(11-6-2)16(17,13-7-3)14-8-4/h15H,5-14,17H2,1-4H3. The van der Waals surface area contributed by atoms with Gasteiger partial charge in [0.25, 0.3) is 0 Å². The Morgan fingerprint density at radius 2 is 1.35 bits per heavy atom. The van der Waals surface area contributed by atoms with Gasteiger partial charge < -0.3 is 5.73 Å². The van der Waals surface area contributed by atoms with Crippen LogP contribution in [0.5, 0.6) is 0 Å². The molecule has 0 saturated heterocycles. The van der Waals surface area contributed by atoms with Crippen LogP contribution in [-0.4, -0.2) is 5.54 Å². The second kappa shape index (κ2) is 9.94. The van der Waals surface area contributed by atoms with Gasteiger partial charge in [0.05, 0.1) is 0 Å². The van der Waals surface area contributed by atoms with Crippen molar-refractivity contribution in [3.63, 3.8) is 0 Å². The van der Waals surface area contributed by atoms with Crippen LogP contribution in [0.1, 0.15) is 91.9 Å². The fraction of sp³-hybridized carbons (Fsp3) is 1.00. The van der Waals surface area contributed by atoms with Gasteiger partial charge in [-0.05, 0) is 31.6 Å². The maximum absolute atomic E-state index is 6.73. The Labute approximate surface area is 110 Å². The van der Waals surface area contributed by atoms with Gasteiger partial charge in [-0.2, -0.15) is 0 Å². The predicted octanol–water partition coefficient (Wildman–Crippen LogP) is 5.28. The molecule has 0 bridgehead atoms. The SMILES string of the molecule is CCCCCC(CCC)C(N)(CCC)CCC. The fourth-order valence-electron chi connectivity index (χ4n) is 3.17. The van der Waals surface area contributed by atoms with E-state index in [0.717, 1.165) is 5.92 Å². The first-order valence-electron chi connectivity index (χ1n) is 7.93. The highest BCUT2D eigenvalue weighted by Crippen LogP contribution is 2.33. The van der Waals surface area contributed by atoms with Crippen LogP contribution >= 0.6 is 0 Å². The summed E-state index contributed by atoms with van der Waals surface area (Å²) in [5, 5.41) is 0. The zero-order valence-corrected chi connectivity index (χ0v) is 12.7. The highest BCUT2D eigenvalue weighted by Gasteiger charge is 2.31. The summed E-state index contributed by atoms with van der Waals surface area (Å²) in [5.41, 5.74) is 6.85. The lowest BCUT2D eigenvalue weighted by molar-refractivity contribution is 0.200. The Hall–Kier alpha value is -0.0400. The molecule has 0 aromatic rings. The van der Waals surface area contributed by atoms with Gasteiger partial charge in [-0.3, -0.25) is 0 Å². The Morgan fingerprint density at radius 1 is 0.765 bits per heavy atom. The summed E-state index contributed by atoms with van der Waals surface area (Å²) in [6.07, 6.45) is 12.9. The van der Waals surface area contributed by atoms with Crippen LogP contribution < -0.4 is 5.73 Å². The minimum absolute atomic E-state index is 0.118. The third-order valence-electron chi connectivity index (χ3n) is 4.04. The molecule has 0 aliphatic rings. The van der Waals surface area contributed by atoms with E-state index in [-0.39, 0.29) is 5.54 Å².